The molecule has 6 heteroatoms. The number of pyridine rings is 1. The van der Waals surface area contributed by atoms with Gasteiger partial charge in [0.25, 0.3) is 11.5 Å². The van der Waals surface area contributed by atoms with Gasteiger partial charge in [0.15, 0.2) is 0 Å². The molecular formula is C22H32N2O4. The normalized spacial score (nSPS) is 18.2. The van der Waals surface area contributed by atoms with Gasteiger partial charge in [0, 0.05) is 12.2 Å². The first-order valence-corrected chi connectivity index (χ1v) is 10.7. The maximum Gasteiger partial charge on any atom is 0.331 e. The highest BCUT2D eigenvalue weighted by Gasteiger charge is 2.42. The highest BCUT2D eigenvalue weighted by Crippen LogP contribution is 2.30. The van der Waals surface area contributed by atoms with Gasteiger partial charge in [-0.3, -0.25) is 9.59 Å². The zero-order valence-corrected chi connectivity index (χ0v) is 17.1. The van der Waals surface area contributed by atoms with Crippen LogP contribution < -0.4 is 10.9 Å². The molecular weight excluding hydrogens is 356 g/mol. The van der Waals surface area contributed by atoms with Crippen LogP contribution in [0.4, 0.5) is 0 Å². The van der Waals surface area contributed by atoms with E-state index in [2.05, 4.69) is 12.2 Å². The third kappa shape index (κ3) is 4.01. The third-order valence-electron chi connectivity index (χ3n) is 6.22. The summed E-state index contributed by atoms with van der Waals surface area (Å²) in [6, 6.07) is 1.77. The molecule has 1 heterocycles. The van der Waals surface area contributed by atoms with Crippen LogP contribution in [0.15, 0.2) is 10.9 Å². The Morgan fingerprint density at radius 2 is 1.86 bits per heavy atom. The van der Waals surface area contributed by atoms with Crippen molar-refractivity contribution in [2.24, 2.45) is 0 Å². The number of fused-ring (bicyclic) bond motifs is 1. The first kappa shape index (κ1) is 20.6. The van der Waals surface area contributed by atoms with E-state index in [1.807, 2.05) is 0 Å². The zero-order valence-electron chi connectivity index (χ0n) is 17.1. The summed E-state index contributed by atoms with van der Waals surface area (Å²) < 4.78 is 6.79. The van der Waals surface area contributed by atoms with Crippen molar-refractivity contribution < 1.29 is 14.3 Å². The maximum atomic E-state index is 13.2. The molecule has 0 unspecified atom stereocenters. The van der Waals surface area contributed by atoms with Crippen molar-refractivity contribution in [3.63, 3.8) is 0 Å². The Balaban J connectivity index is 1.96. The summed E-state index contributed by atoms with van der Waals surface area (Å²) in [6.07, 6.45) is 9.71. The van der Waals surface area contributed by atoms with Crippen LogP contribution in [0.2, 0.25) is 0 Å². The van der Waals surface area contributed by atoms with E-state index in [1.165, 1.54) is 7.11 Å². The average Bonchev–Trinajstić information content (AvgIpc) is 2.72. The van der Waals surface area contributed by atoms with Crippen LogP contribution in [0, 0.1) is 0 Å². The maximum absolute atomic E-state index is 13.2. The van der Waals surface area contributed by atoms with Crippen molar-refractivity contribution in [3.05, 3.63) is 33.2 Å². The van der Waals surface area contributed by atoms with Crippen LogP contribution in [-0.2, 0) is 28.9 Å². The Bertz CT molecular complexity index is 790. The number of unbranched alkanes of at least 4 members (excludes halogenated alkanes) is 1. The second-order valence-electron chi connectivity index (χ2n) is 8.14. The highest BCUT2D eigenvalue weighted by atomic mass is 16.5. The summed E-state index contributed by atoms with van der Waals surface area (Å²) in [5.41, 5.74) is 1.10. The number of aromatic nitrogens is 1. The van der Waals surface area contributed by atoms with Gasteiger partial charge in [-0.1, -0.05) is 32.6 Å². The van der Waals surface area contributed by atoms with Gasteiger partial charge < -0.3 is 14.6 Å². The molecule has 0 saturated heterocycles. The summed E-state index contributed by atoms with van der Waals surface area (Å²) in [6.45, 7) is 2.73. The molecule has 3 rings (SSSR count). The second-order valence-corrected chi connectivity index (χ2v) is 8.14. The Morgan fingerprint density at radius 3 is 2.54 bits per heavy atom. The lowest BCUT2D eigenvalue weighted by Gasteiger charge is -2.35. The number of carbonyl (C=O) groups is 2. The number of nitrogens with zero attached hydrogens (tertiary/aromatic N) is 1. The molecule has 0 radical (unpaired) electrons. The first-order chi connectivity index (χ1) is 13.5. The number of carbonyl (C=O) groups excluding carboxylic acids is 2. The molecule has 1 aromatic heterocycles. The molecule has 2 aliphatic rings. The first-order valence-electron chi connectivity index (χ1n) is 10.7. The van der Waals surface area contributed by atoms with Crippen molar-refractivity contribution >= 4 is 11.9 Å². The number of hydrogen-bond acceptors (Lipinski definition) is 4. The predicted molar refractivity (Wildman–Crippen MR) is 108 cm³/mol. The molecule has 28 heavy (non-hydrogen) atoms. The van der Waals surface area contributed by atoms with Crippen molar-refractivity contribution in [3.8, 4) is 0 Å². The summed E-state index contributed by atoms with van der Waals surface area (Å²) >= 11 is 0. The van der Waals surface area contributed by atoms with Crippen molar-refractivity contribution in [1.82, 2.24) is 9.88 Å². The number of nitrogens with one attached hydrogen (secondary N) is 1. The van der Waals surface area contributed by atoms with Crippen LogP contribution >= 0.6 is 0 Å². The van der Waals surface area contributed by atoms with E-state index in [-0.39, 0.29) is 11.1 Å². The molecule has 2 aliphatic carbocycles. The number of amides is 1. The topological polar surface area (TPSA) is 77.4 Å². The number of hydrogen-bond donors (Lipinski definition) is 1. The Morgan fingerprint density at radius 1 is 1.14 bits per heavy atom. The molecule has 0 bridgehead atoms. The number of rotatable bonds is 6. The van der Waals surface area contributed by atoms with Crippen LogP contribution in [0.5, 0.6) is 0 Å². The van der Waals surface area contributed by atoms with Gasteiger partial charge in [-0.25, -0.2) is 4.79 Å². The lowest BCUT2D eigenvalue weighted by molar-refractivity contribution is -0.149. The highest BCUT2D eigenvalue weighted by molar-refractivity contribution is 5.98. The van der Waals surface area contributed by atoms with Gasteiger partial charge in [0.1, 0.15) is 11.1 Å². The number of esters is 1. The summed E-state index contributed by atoms with van der Waals surface area (Å²) in [4.78, 5) is 38.8. The van der Waals surface area contributed by atoms with E-state index in [0.29, 0.717) is 19.4 Å². The van der Waals surface area contributed by atoms with Crippen molar-refractivity contribution in [2.75, 3.05) is 7.11 Å². The smallest absolute Gasteiger partial charge is 0.331 e. The molecule has 1 saturated carbocycles. The lowest BCUT2D eigenvalue weighted by Crippen LogP contribution is -2.57. The summed E-state index contributed by atoms with van der Waals surface area (Å²) in [5, 5.41) is 2.90. The molecule has 154 valence electrons. The quantitative estimate of drug-likeness (QED) is 0.760. The minimum absolute atomic E-state index is 0.158. The van der Waals surface area contributed by atoms with E-state index in [1.54, 1.807) is 10.6 Å². The third-order valence-corrected chi connectivity index (χ3v) is 6.22. The molecule has 1 fully saturated rings. The standard InChI is InChI=1S/C22H32N2O4/c1-3-4-14-24-18-11-7-6-10-16(18)15-17(20(24)26)19(25)23-22(21(27)28-2)12-8-5-9-13-22/h15H,3-14H2,1-2H3,(H,23,25). The number of methoxy groups -OCH3 is 1. The molecule has 1 aromatic rings. The summed E-state index contributed by atoms with van der Waals surface area (Å²) in [5.74, 6) is -0.860. The number of aryl methyl sites for hydroxylation is 1. The monoisotopic (exact) mass is 388 g/mol. The van der Waals surface area contributed by atoms with Crippen LogP contribution in [-0.4, -0.2) is 29.1 Å². The zero-order chi connectivity index (χ0) is 20.1. The fraction of sp³-hybridized carbons (Fsp3) is 0.682. The van der Waals surface area contributed by atoms with Gasteiger partial charge in [0.05, 0.1) is 7.11 Å². The predicted octanol–water partition coefficient (Wildman–Crippen LogP) is 3.13. The summed E-state index contributed by atoms with van der Waals surface area (Å²) in [7, 11) is 1.35. The van der Waals surface area contributed by atoms with E-state index in [0.717, 1.165) is 69.0 Å². The van der Waals surface area contributed by atoms with E-state index < -0.39 is 17.4 Å². The van der Waals surface area contributed by atoms with Gasteiger partial charge in [-0.2, -0.15) is 0 Å². The van der Waals surface area contributed by atoms with Gasteiger partial charge in [0.2, 0.25) is 0 Å². The van der Waals surface area contributed by atoms with Crippen molar-refractivity contribution in [1.29, 1.82) is 0 Å². The van der Waals surface area contributed by atoms with E-state index >= 15 is 0 Å². The van der Waals surface area contributed by atoms with Gasteiger partial charge in [-0.15, -0.1) is 0 Å². The van der Waals surface area contributed by atoms with E-state index in [9.17, 15) is 14.4 Å². The average molecular weight is 389 g/mol. The Hall–Kier alpha value is -2.11. The second kappa shape index (κ2) is 8.93. The molecule has 1 N–H and O–H groups in total. The largest absolute Gasteiger partial charge is 0.467 e. The minimum atomic E-state index is -1.01. The molecule has 0 aromatic carbocycles. The number of ether oxygens (including phenoxy) is 1. The van der Waals surface area contributed by atoms with Crippen molar-refractivity contribution in [2.45, 2.75) is 89.6 Å². The molecule has 0 spiro atoms. The molecule has 1 amide bonds. The SMILES string of the molecule is CCCCn1c2c(cc(C(=O)NC3(C(=O)OC)CCCCC3)c1=O)CCCC2. The molecule has 0 atom stereocenters. The van der Waals surface area contributed by atoms with Gasteiger partial charge in [-0.05, 0) is 56.6 Å². The van der Waals surface area contributed by atoms with E-state index in [4.69, 9.17) is 4.74 Å². The minimum Gasteiger partial charge on any atom is -0.467 e. The fourth-order valence-corrected chi connectivity index (χ4v) is 4.61. The fourth-order valence-electron chi connectivity index (χ4n) is 4.61. The van der Waals surface area contributed by atoms with Gasteiger partial charge >= 0.3 is 5.97 Å². The molecule has 0 aliphatic heterocycles. The van der Waals surface area contributed by atoms with Crippen LogP contribution in [0.25, 0.3) is 0 Å². The Labute approximate surface area is 166 Å². The lowest BCUT2D eigenvalue weighted by atomic mass is 9.81. The molecule has 6 nitrogen and oxygen atoms in total. The van der Waals surface area contributed by atoms with Crippen LogP contribution in [0.1, 0.15) is 86.3 Å². The van der Waals surface area contributed by atoms with Crippen LogP contribution in [0.3, 0.4) is 0 Å². The Kier molecular flexibility index (Phi) is 6.57.